The Kier molecular flexibility index (Phi) is 5.98. The molecule has 7 heteroatoms. The Morgan fingerprint density at radius 2 is 1.75 bits per heavy atom. The lowest BCUT2D eigenvalue weighted by molar-refractivity contribution is -0.118. The predicted molar refractivity (Wildman–Crippen MR) is 122 cm³/mol. The molecule has 4 aromatic rings. The molecule has 0 radical (unpaired) electrons. The molecule has 7 nitrogen and oxygen atoms in total. The summed E-state index contributed by atoms with van der Waals surface area (Å²) in [5, 5.41) is 4.60. The highest BCUT2D eigenvalue weighted by atomic mass is 16.5. The van der Waals surface area contributed by atoms with Gasteiger partial charge in [0.1, 0.15) is 0 Å². The molecule has 0 saturated carbocycles. The highest BCUT2D eigenvalue weighted by Gasteiger charge is 2.24. The second-order valence-electron chi connectivity index (χ2n) is 7.80. The monoisotopic (exact) mass is 428 g/mol. The number of benzene rings is 2. The van der Waals surface area contributed by atoms with Crippen molar-refractivity contribution >= 4 is 22.9 Å². The molecule has 162 valence electrons. The van der Waals surface area contributed by atoms with Crippen molar-refractivity contribution in [2.45, 2.75) is 26.8 Å². The Bertz CT molecular complexity index is 1260. The number of hydrogen-bond donors (Lipinski definition) is 1. The highest BCUT2D eigenvalue weighted by molar-refractivity contribution is 6.07. The largest absolute Gasteiger partial charge is 0.370 e. The predicted octanol–water partition coefficient (Wildman–Crippen LogP) is 4.02. The normalized spacial score (nSPS) is 10.9. The zero-order valence-electron chi connectivity index (χ0n) is 18.0. The average molecular weight is 428 g/mol. The highest BCUT2D eigenvalue weighted by Crippen LogP contribution is 2.28. The lowest BCUT2D eigenvalue weighted by atomic mass is 10.0. The van der Waals surface area contributed by atoms with Gasteiger partial charge in [0.2, 0.25) is 5.91 Å². The van der Waals surface area contributed by atoms with E-state index in [0.717, 1.165) is 16.7 Å². The van der Waals surface area contributed by atoms with Crippen molar-refractivity contribution in [1.29, 1.82) is 0 Å². The Morgan fingerprint density at radius 1 is 1.03 bits per heavy atom. The van der Waals surface area contributed by atoms with E-state index in [1.54, 1.807) is 17.9 Å². The summed E-state index contributed by atoms with van der Waals surface area (Å²) in [4.78, 5) is 31.4. The molecule has 2 aromatic heterocycles. The number of primary amides is 1. The summed E-state index contributed by atoms with van der Waals surface area (Å²) in [7, 11) is 0. The summed E-state index contributed by atoms with van der Waals surface area (Å²) in [5.74, 6) is -0.695. The van der Waals surface area contributed by atoms with E-state index >= 15 is 0 Å². The fourth-order valence-corrected chi connectivity index (χ4v) is 3.61. The van der Waals surface area contributed by atoms with Crippen LogP contribution >= 0.6 is 0 Å². The van der Waals surface area contributed by atoms with Crippen LogP contribution in [0.5, 0.6) is 0 Å². The second-order valence-corrected chi connectivity index (χ2v) is 7.80. The molecule has 0 unspecified atom stereocenters. The minimum atomic E-state index is -0.461. The average Bonchev–Trinajstić information content (AvgIpc) is 3.17. The maximum atomic E-state index is 13.7. The Morgan fingerprint density at radius 3 is 2.44 bits per heavy atom. The van der Waals surface area contributed by atoms with E-state index in [0.29, 0.717) is 34.6 Å². The number of carbonyl (C=O) groups is 2. The second kappa shape index (κ2) is 9.01. The van der Waals surface area contributed by atoms with E-state index in [1.165, 1.54) is 0 Å². The summed E-state index contributed by atoms with van der Waals surface area (Å²) >= 11 is 0. The van der Waals surface area contributed by atoms with E-state index in [2.05, 4.69) is 10.1 Å². The smallest absolute Gasteiger partial charge is 0.259 e. The molecule has 2 amide bonds. The fourth-order valence-electron chi connectivity index (χ4n) is 3.61. The third-order valence-electron chi connectivity index (χ3n) is 5.33. The van der Waals surface area contributed by atoms with E-state index in [9.17, 15) is 9.59 Å². The molecule has 2 aromatic carbocycles. The molecule has 2 heterocycles. The van der Waals surface area contributed by atoms with Crippen molar-refractivity contribution < 1.29 is 14.1 Å². The SMILES string of the molecule is Cc1ccc(-c2cc(C(=O)N(CCC(N)=O)Cc3ccccc3)c3c(C)noc3n2)cc1. The zero-order valence-corrected chi connectivity index (χ0v) is 18.0. The van der Waals surface area contributed by atoms with Gasteiger partial charge in [0.05, 0.1) is 22.3 Å². The van der Waals surface area contributed by atoms with Crippen LogP contribution in [0.2, 0.25) is 0 Å². The Hall–Kier alpha value is -4.00. The molecule has 0 saturated heterocycles. The van der Waals surface area contributed by atoms with Gasteiger partial charge in [-0.3, -0.25) is 9.59 Å². The number of pyridine rings is 1. The first-order chi connectivity index (χ1) is 15.4. The van der Waals surface area contributed by atoms with Crippen molar-refractivity contribution in [3.05, 3.63) is 83.0 Å². The summed E-state index contributed by atoms with van der Waals surface area (Å²) in [5.41, 5.74) is 10.3. The number of aryl methyl sites for hydroxylation is 2. The van der Waals surface area contributed by atoms with Gasteiger partial charge in [-0.2, -0.15) is 0 Å². The summed E-state index contributed by atoms with van der Waals surface area (Å²) < 4.78 is 5.42. The molecule has 0 aliphatic carbocycles. The molecule has 0 aliphatic heterocycles. The maximum absolute atomic E-state index is 13.7. The van der Waals surface area contributed by atoms with Crippen molar-refractivity contribution in [2.75, 3.05) is 6.54 Å². The first-order valence-corrected chi connectivity index (χ1v) is 10.4. The fraction of sp³-hybridized carbons (Fsp3) is 0.200. The van der Waals surface area contributed by atoms with Crippen molar-refractivity contribution in [3.63, 3.8) is 0 Å². The molecule has 0 fully saturated rings. The van der Waals surface area contributed by atoms with Crippen molar-refractivity contribution in [1.82, 2.24) is 15.0 Å². The van der Waals surface area contributed by atoms with Crippen LogP contribution in [0.4, 0.5) is 0 Å². The van der Waals surface area contributed by atoms with Crippen LogP contribution in [-0.2, 0) is 11.3 Å². The van der Waals surface area contributed by atoms with Crippen LogP contribution in [0.3, 0.4) is 0 Å². The first kappa shape index (κ1) is 21.2. The van der Waals surface area contributed by atoms with Crippen LogP contribution < -0.4 is 5.73 Å². The lowest BCUT2D eigenvalue weighted by Crippen LogP contribution is -2.34. The Labute approximate surface area is 185 Å². The summed E-state index contributed by atoms with van der Waals surface area (Å²) in [6.07, 6.45) is 0.0697. The minimum absolute atomic E-state index is 0.0697. The Balaban J connectivity index is 1.79. The molecule has 32 heavy (non-hydrogen) atoms. The van der Waals surface area contributed by atoms with Gasteiger partial charge in [-0.05, 0) is 25.5 Å². The zero-order chi connectivity index (χ0) is 22.7. The third-order valence-corrected chi connectivity index (χ3v) is 5.33. The molecule has 0 atom stereocenters. The molecule has 2 N–H and O–H groups in total. The molecule has 4 rings (SSSR count). The van der Waals surface area contributed by atoms with E-state index in [1.807, 2.05) is 61.5 Å². The summed E-state index contributed by atoms with van der Waals surface area (Å²) in [6, 6.07) is 19.3. The number of amides is 2. The van der Waals surface area contributed by atoms with Gasteiger partial charge in [-0.25, -0.2) is 4.98 Å². The number of rotatable bonds is 7. The number of aromatic nitrogens is 2. The molecule has 0 aliphatic rings. The minimum Gasteiger partial charge on any atom is -0.370 e. The molecular weight excluding hydrogens is 404 g/mol. The number of nitrogens with zero attached hydrogens (tertiary/aromatic N) is 3. The van der Waals surface area contributed by atoms with Gasteiger partial charge in [0.25, 0.3) is 11.6 Å². The first-order valence-electron chi connectivity index (χ1n) is 10.4. The van der Waals surface area contributed by atoms with Gasteiger partial charge >= 0.3 is 0 Å². The molecule has 0 bridgehead atoms. The van der Waals surface area contributed by atoms with E-state index < -0.39 is 5.91 Å². The van der Waals surface area contributed by atoms with Gasteiger partial charge in [-0.15, -0.1) is 0 Å². The van der Waals surface area contributed by atoms with Gasteiger partial charge in [0.15, 0.2) is 0 Å². The van der Waals surface area contributed by atoms with Gasteiger partial charge < -0.3 is 15.2 Å². The lowest BCUT2D eigenvalue weighted by Gasteiger charge is -2.23. The van der Waals surface area contributed by atoms with Crippen molar-refractivity contribution in [3.8, 4) is 11.3 Å². The number of carbonyl (C=O) groups excluding carboxylic acids is 2. The molecular formula is C25H24N4O3. The van der Waals surface area contributed by atoms with E-state index in [4.69, 9.17) is 10.3 Å². The number of fused-ring (bicyclic) bond motifs is 1. The third kappa shape index (κ3) is 4.51. The van der Waals surface area contributed by atoms with Gasteiger partial charge in [-0.1, -0.05) is 65.3 Å². The quantitative estimate of drug-likeness (QED) is 0.479. The van der Waals surface area contributed by atoms with Crippen LogP contribution in [0.15, 0.2) is 65.2 Å². The molecule has 0 spiro atoms. The maximum Gasteiger partial charge on any atom is 0.259 e. The number of nitrogens with two attached hydrogens (primary N) is 1. The standard InChI is InChI=1S/C25H24N4O3/c1-16-8-10-19(11-9-16)21-14-20(23-17(2)28-32-24(23)27-21)25(31)29(13-12-22(26)30)15-18-6-4-3-5-7-18/h3-11,14H,12-13,15H2,1-2H3,(H2,26,30). The van der Waals surface area contributed by atoms with Crippen LogP contribution in [0, 0.1) is 13.8 Å². The van der Waals surface area contributed by atoms with Gasteiger partial charge in [0, 0.05) is 25.1 Å². The summed E-state index contributed by atoms with van der Waals surface area (Å²) in [6.45, 7) is 4.34. The van der Waals surface area contributed by atoms with Crippen LogP contribution in [-0.4, -0.2) is 33.4 Å². The topological polar surface area (TPSA) is 102 Å². The van der Waals surface area contributed by atoms with Crippen LogP contribution in [0.1, 0.15) is 33.6 Å². The number of hydrogen-bond acceptors (Lipinski definition) is 5. The van der Waals surface area contributed by atoms with Crippen molar-refractivity contribution in [2.24, 2.45) is 5.73 Å². The van der Waals surface area contributed by atoms with Crippen LogP contribution in [0.25, 0.3) is 22.4 Å². The van der Waals surface area contributed by atoms with E-state index in [-0.39, 0.29) is 18.9 Å².